The molecule has 0 aliphatic heterocycles. The number of allylic oxidation sites excluding steroid dienone is 4. The highest BCUT2D eigenvalue weighted by molar-refractivity contribution is 5.63. The SMILES string of the molecule is CC1=CC(c2ccccc2-c2nnnn2C)C=C1. The number of hydrogen-bond acceptors (Lipinski definition) is 3. The molecule has 0 spiro atoms. The molecule has 4 heteroatoms. The van der Waals surface area contributed by atoms with Gasteiger partial charge in [0.1, 0.15) is 0 Å². The Kier molecular flexibility index (Phi) is 2.55. The van der Waals surface area contributed by atoms with Crippen LogP contribution in [-0.4, -0.2) is 20.2 Å². The Hall–Kier alpha value is -2.23. The van der Waals surface area contributed by atoms with E-state index in [-0.39, 0.29) is 0 Å². The van der Waals surface area contributed by atoms with Crippen LogP contribution in [0.5, 0.6) is 0 Å². The molecule has 4 nitrogen and oxygen atoms in total. The van der Waals surface area contributed by atoms with Gasteiger partial charge in [0.15, 0.2) is 5.82 Å². The van der Waals surface area contributed by atoms with E-state index in [1.165, 1.54) is 11.1 Å². The summed E-state index contributed by atoms with van der Waals surface area (Å²) in [5.74, 6) is 1.12. The van der Waals surface area contributed by atoms with Gasteiger partial charge in [-0.2, -0.15) is 0 Å². The Morgan fingerprint density at radius 1 is 1.22 bits per heavy atom. The molecule has 90 valence electrons. The number of hydrogen-bond donors (Lipinski definition) is 0. The van der Waals surface area contributed by atoms with E-state index < -0.39 is 0 Å². The Bertz CT molecular complexity index is 637. The van der Waals surface area contributed by atoms with Crippen LogP contribution in [0.2, 0.25) is 0 Å². The standard InChI is InChI=1S/C14H14N4/c1-10-7-8-11(9-10)12-5-3-4-6-13(12)14-15-16-17-18(14)2/h3-9,11H,1-2H3. The second-order valence-corrected chi connectivity index (χ2v) is 4.51. The van der Waals surface area contributed by atoms with Crippen molar-refractivity contribution in [1.29, 1.82) is 0 Å². The fourth-order valence-corrected chi connectivity index (χ4v) is 2.29. The lowest BCUT2D eigenvalue weighted by Crippen LogP contribution is -1.99. The van der Waals surface area contributed by atoms with Crippen LogP contribution >= 0.6 is 0 Å². The van der Waals surface area contributed by atoms with E-state index in [1.54, 1.807) is 4.68 Å². The average molecular weight is 238 g/mol. The van der Waals surface area contributed by atoms with Crippen molar-refractivity contribution in [3.63, 3.8) is 0 Å². The molecule has 1 heterocycles. The normalized spacial score (nSPS) is 18.1. The summed E-state index contributed by atoms with van der Waals surface area (Å²) in [6, 6.07) is 8.27. The molecule has 1 unspecified atom stereocenters. The first-order chi connectivity index (χ1) is 8.75. The first-order valence-electron chi connectivity index (χ1n) is 5.94. The average Bonchev–Trinajstić information content (AvgIpc) is 2.98. The summed E-state index contributed by atoms with van der Waals surface area (Å²) in [6.07, 6.45) is 6.61. The Balaban J connectivity index is 2.12. The third-order valence-corrected chi connectivity index (χ3v) is 3.19. The van der Waals surface area contributed by atoms with E-state index in [4.69, 9.17) is 0 Å². The Morgan fingerprint density at radius 3 is 2.72 bits per heavy atom. The number of aryl methyl sites for hydroxylation is 1. The highest BCUT2D eigenvalue weighted by atomic mass is 15.5. The lowest BCUT2D eigenvalue weighted by atomic mass is 9.95. The first kappa shape index (κ1) is 10.9. The van der Waals surface area contributed by atoms with Crippen LogP contribution in [0.1, 0.15) is 18.4 Å². The number of tetrazole rings is 1. The van der Waals surface area contributed by atoms with E-state index in [0.717, 1.165) is 11.4 Å². The predicted octanol–water partition coefficient (Wildman–Crippen LogP) is 2.48. The van der Waals surface area contributed by atoms with Crippen LogP contribution in [0.3, 0.4) is 0 Å². The van der Waals surface area contributed by atoms with E-state index in [9.17, 15) is 0 Å². The summed E-state index contributed by atoms with van der Waals surface area (Å²) in [5, 5.41) is 11.7. The molecule has 2 aromatic rings. The second-order valence-electron chi connectivity index (χ2n) is 4.51. The number of aromatic nitrogens is 4. The molecule has 1 aliphatic carbocycles. The molecular formula is C14H14N4. The van der Waals surface area contributed by atoms with Gasteiger partial charge in [0.05, 0.1) is 0 Å². The van der Waals surface area contributed by atoms with Gasteiger partial charge in [0.2, 0.25) is 0 Å². The van der Waals surface area contributed by atoms with Gasteiger partial charge in [-0.05, 0) is 22.9 Å². The summed E-state index contributed by atoms with van der Waals surface area (Å²) in [4.78, 5) is 0. The quantitative estimate of drug-likeness (QED) is 0.807. The smallest absolute Gasteiger partial charge is 0.182 e. The first-order valence-corrected chi connectivity index (χ1v) is 5.94. The molecule has 0 N–H and O–H groups in total. The van der Waals surface area contributed by atoms with Crippen LogP contribution in [0.25, 0.3) is 11.4 Å². The maximum atomic E-state index is 4.09. The summed E-state index contributed by atoms with van der Waals surface area (Å²) >= 11 is 0. The third-order valence-electron chi connectivity index (χ3n) is 3.19. The van der Waals surface area contributed by atoms with E-state index in [2.05, 4.69) is 58.9 Å². The largest absolute Gasteiger partial charge is 0.229 e. The molecule has 1 aliphatic rings. The molecule has 0 saturated carbocycles. The maximum Gasteiger partial charge on any atom is 0.182 e. The van der Waals surface area contributed by atoms with E-state index in [0.29, 0.717) is 5.92 Å². The topological polar surface area (TPSA) is 43.6 Å². The van der Waals surface area contributed by atoms with Gasteiger partial charge >= 0.3 is 0 Å². The van der Waals surface area contributed by atoms with Crippen molar-refractivity contribution in [3.05, 3.63) is 53.6 Å². The zero-order chi connectivity index (χ0) is 12.5. The minimum Gasteiger partial charge on any atom is -0.229 e. The van der Waals surface area contributed by atoms with Crippen molar-refractivity contribution < 1.29 is 0 Å². The van der Waals surface area contributed by atoms with Crippen molar-refractivity contribution in [3.8, 4) is 11.4 Å². The fourth-order valence-electron chi connectivity index (χ4n) is 2.29. The van der Waals surface area contributed by atoms with Crippen LogP contribution in [-0.2, 0) is 7.05 Å². The molecule has 1 aromatic heterocycles. The summed E-state index contributed by atoms with van der Waals surface area (Å²) in [7, 11) is 1.86. The Morgan fingerprint density at radius 2 is 2.06 bits per heavy atom. The molecule has 0 saturated heterocycles. The highest BCUT2D eigenvalue weighted by Gasteiger charge is 2.17. The van der Waals surface area contributed by atoms with Crippen LogP contribution in [0.4, 0.5) is 0 Å². The zero-order valence-corrected chi connectivity index (χ0v) is 10.4. The predicted molar refractivity (Wildman–Crippen MR) is 69.9 cm³/mol. The molecule has 18 heavy (non-hydrogen) atoms. The van der Waals surface area contributed by atoms with Crippen molar-refractivity contribution in [1.82, 2.24) is 20.2 Å². The zero-order valence-electron chi connectivity index (χ0n) is 10.4. The lowest BCUT2D eigenvalue weighted by Gasteiger charge is -2.11. The summed E-state index contributed by atoms with van der Waals surface area (Å²) in [6.45, 7) is 2.11. The van der Waals surface area contributed by atoms with Crippen molar-refractivity contribution in [2.24, 2.45) is 7.05 Å². The van der Waals surface area contributed by atoms with E-state index in [1.807, 2.05) is 13.1 Å². The highest BCUT2D eigenvalue weighted by Crippen LogP contribution is 2.32. The van der Waals surface area contributed by atoms with Crippen molar-refractivity contribution >= 4 is 0 Å². The lowest BCUT2D eigenvalue weighted by molar-refractivity contribution is 0.714. The van der Waals surface area contributed by atoms with Crippen LogP contribution in [0.15, 0.2) is 48.1 Å². The minimum absolute atomic E-state index is 0.317. The molecule has 1 atom stereocenters. The van der Waals surface area contributed by atoms with Gasteiger partial charge in [-0.3, -0.25) is 0 Å². The van der Waals surface area contributed by atoms with E-state index >= 15 is 0 Å². The molecule has 1 aromatic carbocycles. The second kappa shape index (κ2) is 4.22. The molecule has 0 bridgehead atoms. The summed E-state index contributed by atoms with van der Waals surface area (Å²) < 4.78 is 1.70. The Labute approximate surface area is 106 Å². The molecule has 0 fully saturated rings. The van der Waals surface area contributed by atoms with Crippen LogP contribution < -0.4 is 0 Å². The van der Waals surface area contributed by atoms with Crippen molar-refractivity contribution in [2.75, 3.05) is 0 Å². The summed E-state index contributed by atoms with van der Waals surface area (Å²) in [5.41, 5.74) is 3.62. The van der Waals surface area contributed by atoms with Gasteiger partial charge in [-0.15, -0.1) is 5.10 Å². The molecule has 3 rings (SSSR count). The monoisotopic (exact) mass is 238 g/mol. The fraction of sp³-hybridized carbons (Fsp3) is 0.214. The molecular weight excluding hydrogens is 224 g/mol. The molecule has 0 amide bonds. The minimum atomic E-state index is 0.317. The van der Waals surface area contributed by atoms with Gasteiger partial charge in [-0.1, -0.05) is 48.1 Å². The van der Waals surface area contributed by atoms with Gasteiger partial charge in [0.25, 0.3) is 0 Å². The number of rotatable bonds is 2. The molecule has 0 radical (unpaired) electrons. The number of benzene rings is 1. The van der Waals surface area contributed by atoms with Gasteiger partial charge in [-0.25, -0.2) is 4.68 Å². The number of nitrogens with zero attached hydrogens (tertiary/aromatic N) is 4. The van der Waals surface area contributed by atoms with Crippen molar-refractivity contribution in [2.45, 2.75) is 12.8 Å². The van der Waals surface area contributed by atoms with Gasteiger partial charge < -0.3 is 0 Å². The third kappa shape index (κ3) is 1.76. The maximum absolute atomic E-state index is 4.09. The van der Waals surface area contributed by atoms with Crippen LogP contribution in [0, 0.1) is 0 Å². The van der Waals surface area contributed by atoms with Gasteiger partial charge in [0, 0.05) is 18.5 Å².